The van der Waals surface area contributed by atoms with E-state index in [1.54, 1.807) is 18.2 Å². The van der Waals surface area contributed by atoms with Gasteiger partial charge in [-0.1, -0.05) is 30.4 Å². The Balaban J connectivity index is 2.64. The predicted molar refractivity (Wildman–Crippen MR) is 79.8 cm³/mol. The van der Waals surface area contributed by atoms with Crippen LogP contribution in [0.4, 0.5) is 5.69 Å². The van der Waals surface area contributed by atoms with Gasteiger partial charge in [-0.15, -0.1) is 0 Å². The summed E-state index contributed by atoms with van der Waals surface area (Å²) in [6.45, 7) is 2.82. The number of aliphatic hydroxyl groups is 1. The van der Waals surface area contributed by atoms with E-state index in [9.17, 15) is 4.79 Å². The zero-order valence-electron chi connectivity index (χ0n) is 11.4. The second-order valence-electron chi connectivity index (χ2n) is 4.06. The second kappa shape index (κ2) is 9.38. The van der Waals surface area contributed by atoms with Crippen molar-refractivity contribution in [1.82, 2.24) is 0 Å². The number of ether oxygens (including phenoxy) is 1. The lowest BCUT2D eigenvalue weighted by Crippen LogP contribution is -2.15. The number of rotatable bonds is 6. The minimum absolute atomic E-state index is 0.143. The normalized spacial score (nSPS) is 9.75. The molecule has 0 bridgehead atoms. The maximum absolute atomic E-state index is 11.8. The molecule has 0 aliphatic rings. The molecule has 0 fully saturated rings. The average molecular weight is 296 g/mol. The number of carbonyl (C=O) groups excluding carboxylic acids is 1. The number of nitrogens with one attached hydrogen (secondary N) is 1. The summed E-state index contributed by atoms with van der Waals surface area (Å²) in [5.41, 5.74) is 1.16. The predicted octanol–water partition coefficient (Wildman–Crippen LogP) is 2.44. The van der Waals surface area contributed by atoms with Crippen molar-refractivity contribution in [3.8, 4) is 11.8 Å². The highest BCUT2D eigenvalue weighted by molar-refractivity contribution is 6.30. The summed E-state index contributed by atoms with van der Waals surface area (Å²) < 4.78 is 5.26. The molecule has 0 aromatic heterocycles. The molecule has 0 spiro atoms. The van der Waals surface area contributed by atoms with E-state index in [0.717, 1.165) is 6.42 Å². The Kier molecular flexibility index (Phi) is 7.74. The summed E-state index contributed by atoms with van der Waals surface area (Å²) in [6, 6.07) is 5.01. The maximum atomic E-state index is 11.8. The summed E-state index contributed by atoms with van der Waals surface area (Å²) in [7, 11) is 0. The fraction of sp³-hybridized carbons (Fsp3) is 0.400. The zero-order valence-corrected chi connectivity index (χ0v) is 12.2. The molecule has 0 heterocycles. The molecule has 0 aliphatic carbocycles. The molecular formula is C15H18ClNO3. The van der Waals surface area contributed by atoms with Crippen LogP contribution in [-0.4, -0.2) is 30.8 Å². The molecule has 0 radical (unpaired) electrons. The van der Waals surface area contributed by atoms with Crippen molar-refractivity contribution in [3.05, 3.63) is 28.8 Å². The van der Waals surface area contributed by atoms with Gasteiger partial charge in [0.2, 0.25) is 5.91 Å². The Labute approximate surface area is 124 Å². The van der Waals surface area contributed by atoms with Crippen LogP contribution >= 0.6 is 11.6 Å². The SMILES string of the molecule is CCCOCCC(=O)Nc1ccc(Cl)cc1C#CCO. The van der Waals surface area contributed by atoms with Gasteiger partial charge >= 0.3 is 0 Å². The lowest BCUT2D eigenvalue weighted by molar-refractivity contribution is -0.117. The molecule has 108 valence electrons. The molecular weight excluding hydrogens is 278 g/mol. The van der Waals surface area contributed by atoms with E-state index in [0.29, 0.717) is 29.5 Å². The van der Waals surface area contributed by atoms with Crippen LogP contribution in [0.1, 0.15) is 25.3 Å². The van der Waals surface area contributed by atoms with E-state index in [1.807, 2.05) is 6.92 Å². The molecule has 0 atom stereocenters. The highest BCUT2D eigenvalue weighted by atomic mass is 35.5. The summed E-state index contributed by atoms with van der Waals surface area (Å²) >= 11 is 5.89. The number of amides is 1. The zero-order chi connectivity index (χ0) is 14.8. The Morgan fingerprint density at radius 2 is 2.25 bits per heavy atom. The van der Waals surface area contributed by atoms with E-state index in [4.69, 9.17) is 21.4 Å². The van der Waals surface area contributed by atoms with Crippen LogP contribution in [0.2, 0.25) is 5.02 Å². The summed E-state index contributed by atoms with van der Waals surface area (Å²) in [6.07, 6.45) is 1.22. The monoisotopic (exact) mass is 295 g/mol. The number of anilines is 1. The molecule has 1 rings (SSSR count). The Hall–Kier alpha value is -1.54. The molecule has 1 aromatic carbocycles. The molecule has 20 heavy (non-hydrogen) atoms. The fourth-order valence-corrected chi connectivity index (χ4v) is 1.66. The van der Waals surface area contributed by atoms with E-state index < -0.39 is 0 Å². The van der Waals surface area contributed by atoms with Crippen LogP contribution < -0.4 is 5.32 Å². The smallest absolute Gasteiger partial charge is 0.226 e. The first-order valence-corrected chi connectivity index (χ1v) is 6.82. The minimum Gasteiger partial charge on any atom is -0.384 e. The second-order valence-corrected chi connectivity index (χ2v) is 4.50. The third-order valence-electron chi connectivity index (χ3n) is 2.38. The van der Waals surface area contributed by atoms with E-state index >= 15 is 0 Å². The van der Waals surface area contributed by atoms with Gasteiger partial charge in [-0.05, 0) is 24.6 Å². The Bertz CT molecular complexity index is 506. The molecule has 4 nitrogen and oxygen atoms in total. The molecule has 0 aliphatic heterocycles. The van der Waals surface area contributed by atoms with Crippen LogP contribution in [0, 0.1) is 11.8 Å². The largest absolute Gasteiger partial charge is 0.384 e. The molecule has 5 heteroatoms. The van der Waals surface area contributed by atoms with Crippen LogP contribution in [0.5, 0.6) is 0 Å². The molecule has 0 saturated carbocycles. The van der Waals surface area contributed by atoms with Crippen molar-refractivity contribution >= 4 is 23.2 Å². The standard InChI is InChI=1S/C15H18ClNO3/c1-2-9-20-10-7-15(19)17-14-6-5-13(16)11-12(14)4-3-8-18/h5-6,11,18H,2,7-10H2,1H3,(H,17,19). The maximum Gasteiger partial charge on any atom is 0.226 e. The summed E-state index contributed by atoms with van der Waals surface area (Å²) in [4.78, 5) is 11.8. The molecule has 1 amide bonds. The fourth-order valence-electron chi connectivity index (χ4n) is 1.49. The van der Waals surface area contributed by atoms with Crippen molar-refractivity contribution in [3.63, 3.8) is 0 Å². The van der Waals surface area contributed by atoms with Gasteiger partial charge in [0.25, 0.3) is 0 Å². The average Bonchev–Trinajstić information content (AvgIpc) is 2.44. The molecule has 0 saturated heterocycles. The highest BCUT2D eigenvalue weighted by Gasteiger charge is 2.06. The number of halogens is 1. The minimum atomic E-state index is -0.245. The topological polar surface area (TPSA) is 58.6 Å². The van der Waals surface area contributed by atoms with Crippen LogP contribution in [0.15, 0.2) is 18.2 Å². The van der Waals surface area contributed by atoms with Crippen molar-refractivity contribution < 1.29 is 14.6 Å². The number of hydrogen-bond donors (Lipinski definition) is 2. The molecule has 2 N–H and O–H groups in total. The van der Waals surface area contributed by atoms with Gasteiger partial charge in [-0.2, -0.15) is 0 Å². The van der Waals surface area contributed by atoms with Crippen LogP contribution in [-0.2, 0) is 9.53 Å². The van der Waals surface area contributed by atoms with Gasteiger partial charge < -0.3 is 15.2 Å². The Morgan fingerprint density at radius 3 is 2.95 bits per heavy atom. The van der Waals surface area contributed by atoms with Crippen LogP contribution in [0.25, 0.3) is 0 Å². The third kappa shape index (κ3) is 6.07. The van der Waals surface area contributed by atoms with Crippen molar-refractivity contribution in [1.29, 1.82) is 0 Å². The number of carbonyl (C=O) groups is 1. The first kappa shape index (κ1) is 16.5. The van der Waals surface area contributed by atoms with Gasteiger partial charge in [0.1, 0.15) is 6.61 Å². The van der Waals surface area contributed by atoms with Gasteiger partial charge in [-0.25, -0.2) is 0 Å². The number of hydrogen-bond acceptors (Lipinski definition) is 3. The van der Waals surface area contributed by atoms with E-state index in [2.05, 4.69) is 17.2 Å². The van der Waals surface area contributed by atoms with Gasteiger partial charge in [0, 0.05) is 17.2 Å². The van der Waals surface area contributed by atoms with Gasteiger partial charge in [0.05, 0.1) is 18.7 Å². The quantitative estimate of drug-likeness (QED) is 0.626. The van der Waals surface area contributed by atoms with Gasteiger partial charge in [-0.3, -0.25) is 4.79 Å². The first-order valence-electron chi connectivity index (χ1n) is 6.44. The van der Waals surface area contributed by atoms with Crippen molar-refractivity contribution in [2.45, 2.75) is 19.8 Å². The number of benzene rings is 1. The molecule has 0 unspecified atom stereocenters. The highest BCUT2D eigenvalue weighted by Crippen LogP contribution is 2.20. The Morgan fingerprint density at radius 1 is 1.45 bits per heavy atom. The van der Waals surface area contributed by atoms with Gasteiger partial charge in [0.15, 0.2) is 0 Å². The summed E-state index contributed by atoms with van der Waals surface area (Å²) in [5, 5.41) is 12.0. The van der Waals surface area contributed by atoms with Crippen LogP contribution in [0.3, 0.4) is 0 Å². The summed E-state index contributed by atoms with van der Waals surface area (Å²) in [5.74, 6) is 5.15. The molecule has 1 aromatic rings. The van der Waals surface area contributed by atoms with E-state index in [-0.39, 0.29) is 18.9 Å². The van der Waals surface area contributed by atoms with Crippen molar-refractivity contribution in [2.75, 3.05) is 25.1 Å². The van der Waals surface area contributed by atoms with Crippen molar-refractivity contribution in [2.24, 2.45) is 0 Å². The lowest BCUT2D eigenvalue weighted by Gasteiger charge is -2.08. The first-order chi connectivity index (χ1) is 9.67. The van der Waals surface area contributed by atoms with E-state index in [1.165, 1.54) is 0 Å². The number of aliphatic hydroxyl groups excluding tert-OH is 1. The lowest BCUT2D eigenvalue weighted by atomic mass is 10.1. The third-order valence-corrected chi connectivity index (χ3v) is 2.61.